The number of nitrogens with two attached hydrogens (primary N) is 1. The van der Waals surface area contributed by atoms with E-state index in [1.807, 2.05) is 14.1 Å². The molecule has 2 N–H and O–H groups in total. The summed E-state index contributed by atoms with van der Waals surface area (Å²) in [6.07, 6.45) is 0. The van der Waals surface area contributed by atoms with E-state index in [1.54, 1.807) is 16.2 Å². The Kier molecular flexibility index (Phi) is 3.85. The molecule has 1 aromatic rings. The molecular formula is C10H19N5S. The Morgan fingerprint density at radius 2 is 2.00 bits per heavy atom. The highest BCUT2D eigenvalue weighted by molar-refractivity contribution is 7.11. The van der Waals surface area contributed by atoms with Gasteiger partial charge in [0.2, 0.25) is 0 Å². The van der Waals surface area contributed by atoms with Crippen molar-refractivity contribution in [3.8, 4) is 0 Å². The van der Waals surface area contributed by atoms with E-state index >= 15 is 0 Å². The van der Waals surface area contributed by atoms with Crippen molar-refractivity contribution in [3.63, 3.8) is 0 Å². The molecule has 5 nitrogen and oxygen atoms in total. The lowest BCUT2D eigenvalue weighted by atomic mass is 9.98. The molecule has 90 valence electrons. The van der Waals surface area contributed by atoms with Crippen LogP contribution in [0.3, 0.4) is 0 Å². The number of guanidine groups is 1. The molecule has 0 unspecified atom stereocenters. The van der Waals surface area contributed by atoms with Crippen LogP contribution in [0.1, 0.15) is 30.8 Å². The number of rotatable bonds is 2. The van der Waals surface area contributed by atoms with Crippen LogP contribution in [0, 0.1) is 0 Å². The van der Waals surface area contributed by atoms with Gasteiger partial charge in [0.15, 0.2) is 5.96 Å². The van der Waals surface area contributed by atoms with Crippen molar-refractivity contribution in [2.45, 2.75) is 32.7 Å². The maximum absolute atomic E-state index is 5.69. The lowest BCUT2D eigenvalue weighted by Crippen LogP contribution is -2.30. The lowest BCUT2D eigenvalue weighted by molar-refractivity contribution is 0.577. The highest BCUT2D eigenvalue weighted by Gasteiger charge is 2.19. The van der Waals surface area contributed by atoms with Gasteiger partial charge in [-0.25, -0.2) is 4.99 Å². The highest BCUT2D eigenvalue weighted by Crippen LogP contribution is 2.25. The van der Waals surface area contributed by atoms with Crippen molar-refractivity contribution >= 4 is 17.3 Å². The number of hydrogen-bond acceptors (Lipinski definition) is 4. The first-order valence-corrected chi connectivity index (χ1v) is 5.92. The van der Waals surface area contributed by atoms with Gasteiger partial charge in [-0.3, -0.25) is 0 Å². The van der Waals surface area contributed by atoms with E-state index in [0.29, 0.717) is 12.5 Å². The standard InChI is InChI=1S/C10H19N5S/c1-10(2,3)8-14-13-7(16-8)6-12-9(11)15(4)5/h6H2,1-5H3,(H2,11,12). The number of aromatic nitrogens is 2. The smallest absolute Gasteiger partial charge is 0.191 e. The highest BCUT2D eigenvalue weighted by atomic mass is 32.1. The van der Waals surface area contributed by atoms with Gasteiger partial charge in [-0.2, -0.15) is 0 Å². The molecule has 0 saturated carbocycles. The van der Waals surface area contributed by atoms with Gasteiger partial charge in [0.1, 0.15) is 10.0 Å². The van der Waals surface area contributed by atoms with Crippen LogP contribution in [0.15, 0.2) is 4.99 Å². The molecule has 0 bridgehead atoms. The van der Waals surface area contributed by atoms with Crippen molar-refractivity contribution in [1.29, 1.82) is 0 Å². The minimum Gasteiger partial charge on any atom is -0.370 e. The summed E-state index contributed by atoms with van der Waals surface area (Å²) in [7, 11) is 3.72. The molecule has 1 heterocycles. The third-order valence-electron chi connectivity index (χ3n) is 1.94. The topological polar surface area (TPSA) is 67.4 Å². The molecule has 0 amide bonds. The fourth-order valence-electron chi connectivity index (χ4n) is 0.911. The van der Waals surface area contributed by atoms with Crippen LogP contribution in [0.4, 0.5) is 0 Å². The second-order valence-corrected chi connectivity index (χ2v) is 5.88. The summed E-state index contributed by atoms with van der Waals surface area (Å²) in [6, 6.07) is 0. The van der Waals surface area contributed by atoms with Gasteiger partial charge in [-0.15, -0.1) is 10.2 Å². The molecule has 0 radical (unpaired) electrons. The summed E-state index contributed by atoms with van der Waals surface area (Å²) in [5.41, 5.74) is 5.74. The van der Waals surface area contributed by atoms with Gasteiger partial charge < -0.3 is 10.6 Å². The Bertz CT molecular complexity index is 375. The lowest BCUT2D eigenvalue weighted by Gasteiger charge is -2.12. The predicted molar refractivity (Wildman–Crippen MR) is 67.6 cm³/mol. The quantitative estimate of drug-likeness (QED) is 0.624. The summed E-state index contributed by atoms with van der Waals surface area (Å²) >= 11 is 1.59. The minimum absolute atomic E-state index is 0.0483. The first-order chi connectivity index (χ1) is 7.30. The molecule has 1 rings (SSSR count). The van der Waals surface area contributed by atoms with Crippen LogP contribution < -0.4 is 5.73 Å². The van der Waals surface area contributed by atoms with E-state index in [2.05, 4.69) is 36.0 Å². The van der Waals surface area contributed by atoms with Crippen molar-refractivity contribution in [2.75, 3.05) is 14.1 Å². The van der Waals surface area contributed by atoms with E-state index in [0.717, 1.165) is 10.0 Å². The molecule has 0 atom stereocenters. The molecule has 0 aliphatic carbocycles. The van der Waals surface area contributed by atoms with Gasteiger partial charge in [-0.1, -0.05) is 32.1 Å². The normalized spacial score (nSPS) is 12.9. The maximum Gasteiger partial charge on any atom is 0.191 e. The summed E-state index contributed by atoms with van der Waals surface area (Å²) < 4.78 is 0. The van der Waals surface area contributed by atoms with Crippen molar-refractivity contribution in [1.82, 2.24) is 15.1 Å². The predicted octanol–water partition coefficient (Wildman–Crippen LogP) is 1.21. The van der Waals surface area contributed by atoms with Gasteiger partial charge in [0.25, 0.3) is 0 Å². The van der Waals surface area contributed by atoms with Gasteiger partial charge in [-0.05, 0) is 0 Å². The summed E-state index contributed by atoms with van der Waals surface area (Å²) in [4.78, 5) is 5.99. The SMILES string of the molecule is CN(C)C(N)=NCc1nnc(C(C)(C)C)s1. The average molecular weight is 241 g/mol. The Morgan fingerprint density at radius 1 is 1.38 bits per heavy atom. The summed E-state index contributed by atoms with van der Waals surface area (Å²) in [5, 5.41) is 10.2. The molecular weight excluding hydrogens is 222 g/mol. The summed E-state index contributed by atoms with van der Waals surface area (Å²) in [6.45, 7) is 6.86. The number of hydrogen-bond donors (Lipinski definition) is 1. The van der Waals surface area contributed by atoms with Crippen LogP contribution in [-0.4, -0.2) is 35.2 Å². The van der Waals surface area contributed by atoms with Crippen LogP contribution in [0.2, 0.25) is 0 Å². The maximum atomic E-state index is 5.69. The van der Waals surface area contributed by atoms with Gasteiger partial charge in [0, 0.05) is 19.5 Å². The van der Waals surface area contributed by atoms with Crippen LogP contribution >= 0.6 is 11.3 Å². The van der Waals surface area contributed by atoms with Crippen molar-refractivity contribution in [3.05, 3.63) is 10.0 Å². The molecule has 0 aliphatic rings. The van der Waals surface area contributed by atoms with Gasteiger partial charge in [0.05, 0.1) is 6.54 Å². The molecule has 16 heavy (non-hydrogen) atoms. The molecule has 0 saturated heterocycles. The summed E-state index contributed by atoms with van der Waals surface area (Å²) in [5.74, 6) is 0.507. The fourth-order valence-corrected chi connectivity index (χ4v) is 1.73. The third kappa shape index (κ3) is 3.44. The zero-order valence-electron chi connectivity index (χ0n) is 10.5. The molecule has 6 heteroatoms. The van der Waals surface area contributed by atoms with Crippen LogP contribution in [0.5, 0.6) is 0 Å². The largest absolute Gasteiger partial charge is 0.370 e. The van der Waals surface area contributed by atoms with Crippen LogP contribution in [-0.2, 0) is 12.0 Å². The molecule has 0 aromatic carbocycles. The zero-order chi connectivity index (χ0) is 12.3. The van der Waals surface area contributed by atoms with Crippen LogP contribution in [0.25, 0.3) is 0 Å². The second-order valence-electron chi connectivity index (χ2n) is 4.82. The Balaban J connectivity index is 2.70. The first-order valence-electron chi connectivity index (χ1n) is 5.11. The van der Waals surface area contributed by atoms with E-state index < -0.39 is 0 Å². The van der Waals surface area contributed by atoms with E-state index in [1.165, 1.54) is 0 Å². The van der Waals surface area contributed by atoms with Crippen molar-refractivity contribution < 1.29 is 0 Å². The Hall–Kier alpha value is -1.17. The fraction of sp³-hybridized carbons (Fsp3) is 0.700. The monoisotopic (exact) mass is 241 g/mol. The molecule has 0 fully saturated rings. The van der Waals surface area contributed by atoms with Crippen molar-refractivity contribution in [2.24, 2.45) is 10.7 Å². The van der Waals surface area contributed by atoms with Gasteiger partial charge >= 0.3 is 0 Å². The minimum atomic E-state index is 0.0483. The van der Waals surface area contributed by atoms with E-state index in [9.17, 15) is 0 Å². The Morgan fingerprint density at radius 3 is 2.44 bits per heavy atom. The first kappa shape index (κ1) is 12.9. The van der Waals surface area contributed by atoms with E-state index in [-0.39, 0.29) is 5.41 Å². The zero-order valence-corrected chi connectivity index (χ0v) is 11.3. The molecule has 0 spiro atoms. The number of aliphatic imine (C=N–C) groups is 1. The second kappa shape index (κ2) is 4.78. The molecule has 0 aliphatic heterocycles. The number of nitrogens with zero attached hydrogens (tertiary/aromatic N) is 4. The third-order valence-corrected chi connectivity index (χ3v) is 3.28. The molecule has 1 aromatic heterocycles. The van der Waals surface area contributed by atoms with E-state index in [4.69, 9.17) is 5.73 Å². The Labute approximate surface area is 100 Å². The average Bonchev–Trinajstić information content (AvgIpc) is 2.61.